The average Bonchev–Trinajstić information content (AvgIpc) is 3.22. The van der Waals surface area contributed by atoms with Crippen molar-refractivity contribution < 1.29 is 9.53 Å². The third-order valence-electron chi connectivity index (χ3n) is 3.82. The largest absolute Gasteiger partial charge is 0.465 e. The van der Waals surface area contributed by atoms with E-state index in [0.29, 0.717) is 18.2 Å². The maximum atomic E-state index is 11.4. The van der Waals surface area contributed by atoms with E-state index < -0.39 is 0 Å². The summed E-state index contributed by atoms with van der Waals surface area (Å²) in [6.07, 6.45) is 2.07. The number of ether oxygens (including phenoxy) is 1. The summed E-state index contributed by atoms with van der Waals surface area (Å²) in [6.45, 7) is 5.89. The Morgan fingerprint density at radius 1 is 1.36 bits per heavy atom. The summed E-state index contributed by atoms with van der Waals surface area (Å²) in [5.41, 5.74) is 1.74. The molecule has 1 aliphatic carbocycles. The molecule has 2 unspecified atom stereocenters. The minimum atomic E-state index is -0.304. The van der Waals surface area contributed by atoms with Crippen LogP contribution < -0.4 is 10.6 Å². The van der Waals surface area contributed by atoms with Gasteiger partial charge in [0.1, 0.15) is 0 Å². The van der Waals surface area contributed by atoms with E-state index >= 15 is 0 Å². The lowest BCUT2D eigenvalue weighted by Gasteiger charge is -2.10. The first-order valence-corrected chi connectivity index (χ1v) is 7.86. The molecular weight excluding hydrogens is 278 g/mol. The number of guanidine groups is 1. The SMILES string of the molecule is CCNC(=NCCc1ccc(C(=O)OC)cc1)NC1CC1C. The Balaban J connectivity index is 1.84. The second kappa shape index (κ2) is 7.82. The first-order chi connectivity index (χ1) is 10.6. The van der Waals surface area contributed by atoms with Crippen molar-refractivity contribution in [1.29, 1.82) is 0 Å². The molecule has 1 aromatic rings. The van der Waals surface area contributed by atoms with Gasteiger partial charge in [-0.3, -0.25) is 4.99 Å². The summed E-state index contributed by atoms with van der Waals surface area (Å²) >= 11 is 0. The van der Waals surface area contributed by atoms with Crippen LogP contribution >= 0.6 is 0 Å². The van der Waals surface area contributed by atoms with Crippen molar-refractivity contribution in [3.05, 3.63) is 35.4 Å². The second-order valence-electron chi connectivity index (χ2n) is 5.66. The maximum absolute atomic E-state index is 11.4. The van der Waals surface area contributed by atoms with Gasteiger partial charge in [0, 0.05) is 19.1 Å². The first-order valence-electron chi connectivity index (χ1n) is 7.86. The molecule has 5 nitrogen and oxygen atoms in total. The molecule has 0 saturated heterocycles. The van der Waals surface area contributed by atoms with Crippen molar-refractivity contribution in [2.75, 3.05) is 20.2 Å². The number of nitrogens with one attached hydrogen (secondary N) is 2. The number of hydrogen-bond donors (Lipinski definition) is 2. The van der Waals surface area contributed by atoms with Crippen molar-refractivity contribution in [1.82, 2.24) is 10.6 Å². The van der Waals surface area contributed by atoms with E-state index in [0.717, 1.165) is 30.4 Å². The van der Waals surface area contributed by atoms with E-state index in [4.69, 9.17) is 0 Å². The minimum absolute atomic E-state index is 0.304. The molecule has 22 heavy (non-hydrogen) atoms. The summed E-state index contributed by atoms with van der Waals surface area (Å²) in [5.74, 6) is 1.33. The van der Waals surface area contributed by atoms with Crippen LogP contribution in [0.15, 0.2) is 29.3 Å². The van der Waals surface area contributed by atoms with E-state index in [-0.39, 0.29) is 5.97 Å². The lowest BCUT2D eigenvalue weighted by atomic mass is 10.1. The highest BCUT2D eigenvalue weighted by atomic mass is 16.5. The molecule has 1 aliphatic rings. The van der Waals surface area contributed by atoms with Gasteiger partial charge in [-0.2, -0.15) is 0 Å². The smallest absolute Gasteiger partial charge is 0.337 e. The number of benzene rings is 1. The third kappa shape index (κ3) is 4.76. The van der Waals surface area contributed by atoms with Crippen molar-refractivity contribution in [2.45, 2.75) is 32.7 Å². The Hall–Kier alpha value is -2.04. The van der Waals surface area contributed by atoms with E-state index in [1.54, 1.807) is 12.1 Å². The molecule has 0 spiro atoms. The van der Waals surface area contributed by atoms with Gasteiger partial charge in [-0.25, -0.2) is 4.79 Å². The van der Waals surface area contributed by atoms with Crippen LogP contribution in [0.1, 0.15) is 36.2 Å². The highest BCUT2D eigenvalue weighted by Gasteiger charge is 2.33. The Labute approximate surface area is 132 Å². The topological polar surface area (TPSA) is 62.7 Å². The minimum Gasteiger partial charge on any atom is -0.465 e. The van der Waals surface area contributed by atoms with Gasteiger partial charge < -0.3 is 15.4 Å². The molecule has 0 bridgehead atoms. The number of rotatable bonds is 6. The highest BCUT2D eigenvalue weighted by molar-refractivity contribution is 5.89. The Bertz CT molecular complexity index is 525. The van der Waals surface area contributed by atoms with Gasteiger partial charge in [-0.05, 0) is 43.4 Å². The van der Waals surface area contributed by atoms with Gasteiger partial charge >= 0.3 is 5.97 Å². The molecule has 0 aliphatic heterocycles. The molecule has 5 heteroatoms. The van der Waals surface area contributed by atoms with Crippen LogP contribution in [0.3, 0.4) is 0 Å². The fraction of sp³-hybridized carbons (Fsp3) is 0.529. The number of hydrogen-bond acceptors (Lipinski definition) is 3. The number of methoxy groups -OCH3 is 1. The predicted molar refractivity (Wildman–Crippen MR) is 88.2 cm³/mol. The van der Waals surface area contributed by atoms with Crippen LogP contribution in [0.5, 0.6) is 0 Å². The third-order valence-corrected chi connectivity index (χ3v) is 3.82. The van der Waals surface area contributed by atoms with Gasteiger partial charge in [-0.15, -0.1) is 0 Å². The van der Waals surface area contributed by atoms with E-state index in [2.05, 4.69) is 34.2 Å². The van der Waals surface area contributed by atoms with Crippen molar-refractivity contribution in [3.8, 4) is 0 Å². The molecule has 120 valence electrons. The Morgan fingerprint density at radius 2 is 2.05 bits per heavy atom. The van der Waals surface area contributed by atoms with Gasteiger partial charge in [0.25, 0.3) is 0 Å². The normalized spacial score (nSPS) is 20.4. The molecule has 1 saturated carbocycles. The van der Waals surface area contributed by atoms with Crippen LogP contribution in [0.25, 0.3) is 0 Å². The summed E-state index contributed by atoms with van der Waals surface area (Å²) in [7, 11) is 1.39. The lowest BCUT2D eigenvalue weighted by Crippen LogP contribution is -2.39. The first kappa shape index (κ1) is 16.3. The highest BCUT2D eigenvalue weighted by Crippen LogP contribution is 2.28. The number of esters is 1. The van der Waals surface area contributed by atoms with E-state index in [9.17, 15) is 4.79 Å². The number of aliphatic imine (C=N–C) groups is 1. The summed E-state index contributed by atoms with van der Waals surface area (Å²) < 4.78 is 4.69. The zero-order chi connectivity index (χ0) is 15.9. The maximum Gasteiger partial charge on any atom is 0.337 e. The van der Waals surface area contributed by atoms with E-state index in [1.165, 1.54) is 13.5 Å². The monoisotopic (exact) mass is 303 g/mol. The van der Waals surface area contributed by atoms with Gasteiger partial charge in [0.05, 0.1) is 12.7 Å². The molecule has 1 fully saturated rings. The molecule has 2 atom stereocenters. The van der Waals surface area contributed by atoms with Gasteiger partial charge in [-0.1, -0.05) is 19.1 Å². The Kier molecular flexibility index (Phi) is 5.81. The van der Waals surface area contributed by atoms with Gasteiger partial charge in [0.15, 0.2) is 5.96 Å². The predicted octanol–water partition coefficient (Wildman–Crippen LogP) is 1.98. The molecular formula is C17H25N3O2. The van der Waals surface area contributed by atoms with Crippen LogP contribution in [-0.4, -0.2) is 38.2 Å². The average molecular weight is 303 g/mol. The second-order valence-corrected chi connectivity index (χ2v) is 5.66. The molecule has 2 N–H and O–H groups in total. The quantitative estimate of drug-likeness (QED) is 0.479. The van der Waals surface area contributed by atoms with Crippen molar-refractivity contribution in [3.63, 3.8) is 0 Å². The van der Waals surface area contributed by atoms with Gasteiger partial charge in [0.2, 0.25) is 0 Å². The number of nitrogens with zero attached hydrogens (tertiary/aromatic N) is 1. The Morgan fingerprint density at radius 3 is 2.59 bits per heavy atom. The van der Waals surface area contributed by atoms with Crippen molar-refractivity contribution >= 4 is 11.9 Å². The number of carbonyl (C=O) groups excluding carboxylic acids is 1. The molecule has 0 aromatic heterocycles. The molecule has 0 amide bonds. The van der Waals surface area contributed by atoms with Crippen LogP contribution in [-0.2, 0) is 11.2 Å². The molecule has 0 radical (unpaired) electrons. The van der Waals surface area contributed by atoms with E-state index in [1.807, 2.05) is 12.1 Å². The number of carbonyl (C=O) groups is 1. The molecule has 0 heterocycles. The molecule has 2 rings (SSSR count). The zero-order valence-corrected chi connectivity index (χ0v) is 13.6. The summed E-state index contributed by atoms with van der Waals surface area (Å²) in [6, 6.07) is 8.05. The van der Waals surface area contributed by atoms with Crippen LogP contribution in [0.4, 0.5) is 0 Å². The fourth-order valence-electron chi connectivity index (χ4n) is 2.24. The standard InChI is InChI=1S/C17H25N3O2/c1-4-18-17(20-15-11-12(15)2)19-10-9-13-5-7-14(8-6-13)16(21)22-3/h5-8,12,15H,4,9-11H2,1-3H3,(H2,18,19,20). The lowest BCUT2D eigenvalue weighted by molar-refractivity contribution is 0.0600. The fourth-order valence-corrected chi connectivity index (χ4v) is 2.24. The van der Waals surface area contributed by atoms with Crippen LogP contribution in [0.2, 0.25) is 0 Å². The van der Waals surface area contributed by atoms with Crippen molar-refractivity contribution in [2.24, 2.45) is 10.9 Å². The summed E-state index contributed by atoms with van der Waals surface area (Å²) in [5, 5.41) is 6.71. The zero-order valence-electron chi connectivity index (χ0n) is 13.6. The molecule has 1 aromatic carbocycles. The summed E-state index contributed by atoms with van der Waals surface area (Å²) in [4.78, 5) is 16.0. The van der Waals surface area contributed by atoms with Crippen LogP contribution in [0, 0.1) is 5.92 Å².